The van der Waals surface area contributed by atoms with Gasteiger partial charge in [-0.1, -0.05) is 12.1 Å². The molecule has 2 aromatic carbocycles. The summed E-state index contributed by atoms with van der Waals surface area (Å²) in [6.07, 6.45) is 0.284. The van der Waals surface area contributed by atoms with Gasteiger partial charge < -0.3 is 19.7 Å². The standard InChI is InChI=1S/C25H25N3O7/c1-2-34-25(33)35-18-9-7-16(8-10-18)22(30)27-13-11-17(12-14-27)26-21(29)15-28-23(31)19-5-3-4-6-20(19)24(28)32/h3-10,17H,2,11-15H2,1H3,(H,26,29). The predicted molar refractivity (Wildman–Crippen MR) is 123 cm³/mol. The lowest BCUT2D eigenvalue weighted by Crippen LogP contribution is -2.49. The molecule has 35 heavy (non-hydrogen) atoms. The smallest absolute Gasteiger partial charge is 0.434 e. The van der Waals surface area contributed by atoms with Crippen molar-refractivity contribution in [1.29, 1.82) is 0 Å². The minimum absolute atomic E-state index is 0.163. The van der Waals surface area contributed by atoms with Gasteiger partial charge >= 0.3 is 6.16 Å². The van der Waals surface area contributed by atoms with E-state index in [-0.39, 0.29) is 30.9 Å². The minimum Gasteiger partial charge on any atom is -0.434 e. The number of ether oxygens (including phenoxy) is 2. The van der Waals surface area contributed by atoms with Gasteiger partial charge in [0.15, 0.2) is 0 Å². The highest BCUT2D eigenvalue weighted by Gasteiger charge is 2.36. The summed E-state index contributed by atoms with van der Waals surface area (Å²) >= 11 is 0. The molecule has 0 aromatic heterocycles. The van der Waals surface area contributed by atoms with Crippen LogP contribution >= 0.6 is 0 Å². The maximum atomic E-state index is 12.8. The van der Waals surface area contributed by atoms with Crippen molar-refractivity contribution >= 4 is 29.8 Å². The lowest BCUT2D eigenvalue weighted by Gasteiger charge is -2.32. The third-order valence-electron chi connectivity index (χ3n) is 5.89. The second-order valence-electron chi connectivity index (χ2n) is 8.19. The maximum absolute atomic E-state index is 12.8. The SMILES string of the molecule is CCOC(=O)Oc1ccc(C(=O)N2CCC(NC(=O)CN3C(=O)c4ccccc4C3=O)CC2)cc1. The fraction of sp³-hybridized carbons (Fsp3) is 0.320. The topological polar surface area (TPSA) is 122 Å². The molecule has 2 aliphatic rings. The Kier molecular flexibility index (Phi) is 7.09. The van der Waals surface area contributed by atoms with Crippen molar-refractivity contribution in [3.63, 3.8) is 0 Å². The number of rotatable bonds is 6. The van der Waals surface area contributed by atoms with Gasteiger partial charge in [-0.15, -0.1) is 0 Å². The van der Waals surface area contributed by atoms with Crippen LogP contribution in [0.2, 0.25) is 0 Å². The molecular weight excluding hydrogens is 454 g/mol. The predicted octanol–water partition coefficient (Wildman–Crippen LogP) is 2.24. The number of carbonyl (C=O) groups is 5. The van der Waals surface area contributed by atoms with Gasteiger partial charge in [0.05, 0.1) is 17.7 Å². The highest BCUT2D eigenvalue weighted by molar-refractivity contribution is 6.22. The molecule has 0 atom stereocenters. The molecule has 2 heterocycles. The third-order valence-corrected chi connectivity index (χ3v) is 5.89. The summed E-state index contributed by atoms with van der Waals surface area (Å²) in [5.74, 6) is -1.25. The minimum atomic E-state index is -0.807. The molecule has 2 aromatic rings. The van der Waals surface area contributed by atoms with Gasteiger partial charge in [-0.3, -0.25) is 24.1 Å². The van der Waals surface area contributed by atoms with E-state index in [4.69, 9.17) is 9.47 Å². The number of nitrogens with one attached hydrogen (secondary N) is 1. The Hall–Kier alpha value is -4.21. The number of carbonyl (C=O) groups excluding carboxylic acids is 5. The summed E-state index contributed by atoms with van der Waals surface area (Å²) in [6, 6.07) is 12.5. The molecule has 0 radical (unpaired) electrons. The van der Waals surface area contributed by atoms with Crippen LogP contribution in [0, 0.1) is 0 Å². The van der Waals surface area contributed by atoms with E-state index >= 15 is 0 Å². The first-order valence-electron chi connectivity index (χ1n) is 11.4. The van der Waals surface area contributed by atoms with E-state index in [2.05, 4.69) is 5.32 Å². The van der Waals surface area contributed by atoms with Crippen molar-refractivity contribution in [2.45, 2.75) is 25.8 Å². The van der Waals surface area contributed by atoms with Crippen molar-refractivity contribution in [2.75, 3.05) is 26.2 Å². The Labute approximate surface area is 201 Å². The monoisotopic (exact) mass is 479 g/mol. The number of fused-ring (bicyclic) bond motifs is 1. The second kappa shape index (κ2) is 10.4. The van der Waals surface area contributed by atoms with Gasteiger partial charge in [0.1, 0.15) is 12.3 Å². The fourth-order valence-corrected chi connectivity index (χ4v) is 4.12. The van der Waals surface area contributed by atoms with E-state index in [0.29, 0.717) is 42.6 Å². The summed E-state index contributed by atoms with van der Waals surface area (Å²) in [7, 11) is 0. The van der Waals surface area contributed by atoms with Crippen LogP contribution in [-0.4, -0.2) is 71.9 Å². The van der Waals surface area contributed by atoms with E-state index in [1.165, 1.54) is 12.1 Å². The average Bonchev–Trinajstić information content (AvgIpc) is 3.09. The van der Waals surface area contributed by atoms with Crippen LogP contribution in [0.15, 0.2) is 48.5 Å². The van der Waals surface area contributed by atoms with Gasteiger partial charge in [0, 0.05) is 24.7 Å². The largest absolute Gasteiger partial charge is 0.513 e. The summed E-state index contributed by atoms with van der Waals surface area (Å²) in [4.78, 5) is 64.2. The van der Waals surface area contributed by atoms with Crippen LogP contribution in [0.25, 0.3) is 0 Å². The molecule has 4 amide bonds. The molecule has 1 N–H and O–H groups in total. The Bertz CT molecular complexity index is 1120. The zero-order valence-corrected chi connectivity index (χ0v) is 19.2. The second-order valence-corrected chi connectivity index (χ2v) is 8.19. The average molecular weight is 479 g/mol. The number of benzene rings is 2. The van der Waals surface area contributed by atoms with Crippen LogP contribution < -0.4 is 10.1 Å². The van der Waals surface area contributed by atoms with Gasteiger partial charge in [0.25, 0.3) is 17.7 Å². The number of amides is 4. The maximum Gasteiger partial charge on any atom is 0.513 e. The molecule has 2 aliphatic heterocycles. The lowest BCUT2D eigenvalue weighted by molar-refractivity contribution is -0.122. The Morgan fingerprint density at radius 3 is 2.11 bits per heavy atom. The summed E-state index contributed by atoms with van der Waals surface area (Å²) in [5.41, 5.74) is 1.06. The molecule has 10 heteroatoms. The van der Waals surface area contributed by atoms with Crippen molar-refractivity contribution in [1.82, 2.24) is 15.1 Å². The Balaban J connectivity index is 1.25. The molecular formula is C25H25N3O7. The first-order valence-corrected chi connectivity index (χ1v) is 11.4. The zero-order chi connectivity index (χ0) is 24.9. The number of piperidine rings is 1. The summed E-state index contributed by atoms with van der Waals surface area (Å²) in [6.45, 7) is 2.42. The molecule has 0 bridgehead atoms. The van der Waals surface area contributed by atoms with Crippen LogP contribution in [0.3, 0.4) is 0 Å². The van der Waals surface area contributed by atoms with Crippen LogP contribution in [-0.2, 0) is 9.53 Å². The van der Waals surface area contributed by atoms with Crippen LogP contribution in [0.5, 0.6) is 5.75 Å². The van der Waals surface area contributed by atoms with Crippen LogP contribution in [0.4, 0.5) is 4.79 Å². The molecule has 4 rings (SSSR count). The third kappa shape index (κ3) is 5.32. The first kappa shape index (κ1) is 23.9. The molecule has 0 spiro atoms. The molecule has 0 unspecified atom stereocenters. The molecule has 1 saturated heterocycles. The lowest BCUT2D eigenvalue weighted by atomic mass is 10.0. The number of hydrogen-bond acceptors (Lipinski definition) is 7. The molecule has 0 aliphatic carbocycles. The highest BCUT2D eigenvalue weighted by atomic mass is 16.7. The van der Waals surface area contributed by atoms with E-state index < -0.39 is 23.9 Å². The van der Waals surface area contributed by atoms with Crippen molar-refractivity contribution in [3.8, 4) is 5.75 Å². The number of nitrogens with zero attached hydrogens (tertiary/aromatic N) is 2. The van der Waals surface area contributed by atoms with Gasteiger partial charge in [-0.2, -0.15) is 0 Å². The summed E-state index contributed by atoms with van der Waals surface area (Å²) < 4.78 is 9.71. The number of hydrogen-bond donors (Lipinski definition) is 1. The number of imide groups is 1. The van der Waals surface area contributed by atoms with E-state index in [0.717, 1.165) is 4.90 Å². The fourth-order valence-electron chi connectivity index (χ4n) is 4.12. The normalized spacial score (nSPS) is 15.6. The van der Waals surface area contributed by atoms with Crippen molar-refractivity contribution in [3.05, 3.63) is 65.2 Å². The number of likely N-dealkylation sites (tertiary alicyclic amines) is 1. The van der Waals surface area contributed by atoms with E-state index in [9.17, 15) is 24.0 Å². The molecule has 1 fully saturated rings. The van der Waals surface area contributed by atoms with Crippen molar-refractivity contribution in [2.24, 2.45) is 0 Å². The van der Waals surface area contributed by atoms with Crippen molar-refractivity contribution < 1.29 is 33.4 Å². The Morgan fingerprint density at radius 2 is 1.54 bits per heavy atom. The Morgan fingerprint density at radius 1 is 0.943 bits per heavy atom. The molecule has 0 saturated carbocycles. The van der Waals surface area contributed by atoms with E-state index in [1.54, 1.807) is 48.2 Å². The van der Waals surface area contributed by atoms with Gasteiger partial charge in [-0.25, -0.2) is 4.79 Å². The molecule has 10 nitrogen and oxygen atoms in total. The van der Waals surface area contributed by atoms with Gasteiger partial charge in [0.2, 0.25) is 5.91 Å². The van der Waals surface area contributed by atoms with E-state index in [1.807, 2.05) is 0 Å². The molecule has 182 valence electrons. The van der Waals surface area contributed by atoms with Crippen LogP contribution in [0.1, 0.15) is 50.8 Å². The quantitative estimate of drug-likeness (QED) is 0.383. The van der Waals surface area contributed by atoms with Gasteiger partial charge in [-0.05, 0) is 56.2 Å². The highest BCUT2D eigenvalue weighted by Crippen LogP contribution is 2.22. The zero-order valence-electron chi connectivity index (χ0n) is 19.2. The summed E-state index contributed by atoms with van der Waals surface area (Å²) in [5, 5.41) is 2.87. The first-order chi connectivity index (χ1) is 16.9.